The van der Waals surface area contributed by atoms with Gasteiger partial charge in [0.05, 0.1) is 58.6 Å². The van der Waals surface area contributed by atoms with Crippen molar-refractivity contribution in [3.63, 3.8) is 0 Å². The Bertz CT molecular complexity index is 2160. The van der Waals surface area contributed by atoms with Gasteiger partial charge in [0.15, 0.2) is 44.0 Å². The van der Waals surface area contributed by atoms with Crippen LogP contribution in [0.5, 0.6) is 0 Å². The summed E-state index contributed by atoms with van der Waals surface area (Å²) in [5, 5.41) is 232. The number of aliphatic hydroxyl groups excluding tert-OH is 21. The van der Waals surface area contributed by atoms with Crippen LogP contribution in [-0.2, 0) is 85.4 Å². The summed E-state index contributed by atoms with van der Waals surface area (Å²) in [4.78, 5) is 25.2. The monoisotopic (exact) mass is 1290 g/mol. The van der Waals surface area contributed by atoms with Crippen molar-refractivity contribution >= 4 is 11.9 Å². The predicted octanol–water partition coefficient (Wildman–Crippen LogP) is -15.0. The van der Waals surface area contributed by atoms with Crippen LogP contribution in [-0.4, -0.2) is 393 Å². The highest BCUT2D eigenvalue weighted by atomic mass is 16.8. The van der Waals surface area contributed by atoms with E-state index in [4.69, 9.17) is 75.8 Å². The van der Waals surface area contributed by atoms with Gasteiger partial charge in [-0.25, -0.2) is 0 Å². The quantitative estimate of drug-likeness (QED) is 0.0762. The molecule has 0 aromatic carbocycles. The fourth-order valence-corrected chi connectivity index (χ4v) is 11.1. The van der Waals surface area contributed by atoms with Gasteiger partial charge in [-0.15, -0.1) is 0 Å². The third-order valence-corrected chi connectivity index (χ3v) is 16.0. The fourth-order valence-electron chi connectivity index (χ4n) is 11.1. The first-order chi connectivity index (χ1) is 41.8. The van der Waals surface area contributed by atoms with Gasteiger partial charge >= 0.3 is 11.9 Å². The molecular formula is C49H80O39. The molecule has 0 amide bonds. The van der Waals surface area contributed by atoms with E-state index in [1.807, 2.05) is 0 Å². The summed E-state index contributed by atoms with van der Waals surface area (Å²) in [6.07, 6.45) is -75.1. The van der Waals surface area contributed by atoms with Crippen LogP contribution in [0.1, 0.15) is 19.8 Å². The molecule has 0 aliphatic carbocycles. The molecule has 0 saturated carbocycles. The Kier molecular flexibility index (Phi) is 25.3. The van der Waals surface area contributed by atoms with Crippen molar-refractivity contribution in [2.45, 2.75) is 241 Å². The molecule has 510 valence electrons. The van der Waals surface area contributed by atoms with Crippen molar-refractivity contribution < 1.29 is 193 Å². The topological polar surface area (TPSA) is 607 Å². The van der Waals surface area contributed by atoms with E-state index < -0.39 is 299 Å². The first-order valence-electron chi connectivity index (χ1n) is 28.1. The first kappa shape index (κ1) is 71.4. The molecule has 21 heterocycles. The van der Waals surface area contributed by atoms with E-state index in [-0.39, 0.29) is 0 Å². The highest BCUT2D eigenvalue weighted by Gasteiger charge is 2.60. The van der Waals surface area contributed by atoms with Crippen molar-refractivity contribution in [1.82, 2.24) is 0 Å². The van der Waals surface area contributed by atoms with Crippen LogP contribution in [0.25, 0.3) is 0 Å². The summed E-state index contributed by atoms with van der Waals surface area (Å²) in [6, 6.07) is 0. The molecule has 1 unspecified atom stereocenters. The maximum atomic E-state index is 13.0. The number of hydrogen-bond acceptors (Lipinski definition) is 39. The molecule has 21 fully saturated rings. The van der Waals surface area contributed by atoms with E-state index in [1.54, 1.807) is 0 Å². The summed E-state index contributed by atoms with van der Waals surface area (Å²) >= 11 is 0. The zero-order valence-corrected chi connectivity index (χ0v) is 46.6. The fraction of sp³-hybridized carbons (Fsp3) is 0.959. The first-order valence-corrected chi connectivity index (χ1v) is 28.1. The average molecular weight is 1290 g/mol. The van der Waals surface area contributed by atoms with Gasteiger partial charge < -0.3 is 183 Å². The molecule has 0 aromatic rings. The second kappa shape index (κ2) is 31.2. The molecule has 21 N–H and O–H groups in total. The van der Waals surface area contributed by atoms with Crippen LogP contribution in [0.2, 0.25) is 0 Å². The summed E-state index contributed by atoms with van der Waals surface area (Å²) in [5.74, 6) is -2.04. The SMILES string of the molecule is CC(O)COC(=O)CCC(=O)OC[C@H]1O[C@@H]2O[C@H]3[C@H](O)[C@@H](O)[C@@H](O[C@H]4[C@H](O)[C@@H](O)[C@@H](O[C@H]5[C@H](O)[C@@H](O)[C@@H](O[C@H]6[C@H](O)[C@@H](O)[C@@H](O[C@H]7[C@H](O)[C@@H](O)[C@@H](O[C@H]8[C@H](O)[C@@H](O)[C@@H](O[C@H]1[C@H](O)[C@H]2O)O[C@@H]8CO)O[C@@H]7CO)O[C@@H]6CO)O[C@@H]5CO)O[C@@H]4CO)O[C@@H]3CO. The van der Waals surface area contributed by atoms with E-state index in [9.17, 15) is 117 Å². The maximum Gasteiger partial charge on any atom is 0.306 e. The van der Waals surface area contributed by atoms with Crippen LogP contribution in [0.15, 0.2) is 0 Å². The Labute approximate surface area is 497 Å². The average Bonchev–Trinajstić information content (AvgIpc) is 1.66. The maximum absolute atomic E-state index is 13.0. The van der Waals surface area contributed by atoms with Crippen LogP contribution in [0.4, 0.5) is 0 Å². The van der Waals surface area contributed by atoms with Gasteiger partial charge in [0, 0.05) is 0 Å². The van der Waals surface area contributed by atoms with Gasteiger partial charge in [-0.1, -0.05) is 0 Å². The minimum atomic E-state index is -2.33. The Morgan fingerprint density at radius 2 is 0.477 bits per heavy atom. The Hall–Kier alpha value is -2.46. The predicted molar refractivity (Wildman–Crippen MR) is 264 cm³/mol. The number of hydrogen-bond donors (Lipinski definition) is 21. The van der Waals surface area contributed by atoms with Gasteiger partial charge in [-0.05, 0) is 6.92 Å². The molecule has 39 heteroatoms. The minimum Gasteiger partial charge on any atom is -0.463 e. The van der Waals surface area contributed by atoms with E-state index >= 15 is 0 Å². The summed E-state index contributed by atoms with van der Waals surface area (Å²) in [6.45, 7) is -6.63. The number of rotatable bonds is 13. The third kappa shape index (κ3) is 15.4. The molecule has 21 saturated heterocycles. The number of aliphatic hydroxyl groups is 21. The molecule has 21 aliphatic heterocycles. The normalized spacial score (nSPS) is 50.1. The van der Waals surface area contributed by atoms with Crippen LogP contribution >= 0.6 is 0 Å². The number of carbonyl (C=O) groups excluding carboxylic acids is 2. The van der Waals surface area contributed by atoms with E-state index in [2.05, 4.69) is 0 Å². The van der Waals surface area contributed by atoms with Crippen molar-refractivity contribution in [3.8, 4) is 0 Å². The Morgan fingerprint density at radius 3 is 0.670 bits per heavy atom. The lowest BCUT2D eigenvalue weighted by Crippen LogP contribution is -2.68. The van der Waals surface area contributed by atoms with E-state index in [0.29, 0.717) is 0 Å². The van der Waals surface area contributed by atoms with Gasteiger partial charge in [0.2, 0.25) is 0 Å². The molecular weight excluding hydrogens is 1210 g/mol. The molecule has 36 atom stereocenters. The Balaban J connectivity index is 1.09. The lowest BCUT2D eigenvalue weighted by molar-refractivity contribution is -0.396. The second-order valence-electron chi connectivity index (χ2n) is 22.2. The lowest BCUT2D eigenvalue weighted by atomic mass is 9.95. The second-order valence-corrected chi connectivity index (χ2v) is 22.2. The van der Waals surface area contributed by atoms with Crippen LogP contribution in [0, 0.1) is 0 Å². The summed E-state index contributed by atoms with van der Waals surface area (Å²) < 4.78 is 90.5. The van der Waals surface area contributed by atoms with Gasteiger partial charge in [0.1, 0.15) is 184 Å². The molecule has 14 bridgehead atoms. The van der Waals surface area contributed by atoms with Crippen LogP contribution < -0.4 is 0 Å². The number of esters is 2. The molecule has 21 rings (SSSR count). The third-order valence-electron chi connectivity index (χ3n) is 16.0. The number of ether oxygens (including phenoxy) is 16. The van der Waals surface area contributed by atoms with Crippen molar-refractivity contribution in [2.75, 3.05) is 52.9 Å². The molecule has 88 heavy (non-hydrogen) atoms. The van der Waals surface area contributed by atoms with Gasteiger partial charge in [-0.2, -0.15) is 0 Å². The molecule has 0 spiro atoms. The smallest absolute Gasteiger partial charge is 0.306 e. The largest absolute Gasteiger partial charge is 0.463 e. The van der Waals surface area contributed by atoms with Crippen LogP contribution in [0.3, 0.4) is 0 Å². The Morgan fingerprint density at radius 1 is 0.295 bits per heavy atom. The van der Waals surface area contributed by atoms with E-state index in [1.165, 1.54) is 6.92 Å². The molecule has 0 radical (unpaired) electrons. The number of carbonyl (C=O) groups is 2. The zero-order valence-electron chi connectivity index (χ0n) is 46.6. The summed E-state index contributed by atoms with van der Waals surface area (Å²) in [7, 11) is 0. The highest BCUT2D eigenvalue weighted by molar-refractivity contribution is 5.77. The summed E-state index contributed by atoms with van der Waals surface area (Å²) in [5.41, 5.74) is 0. The van der Waals surface area contributed by atoms with Gasteiger partial charge in [0.25, 0.3) is 0 Å². The zero-order chi connectivity index (χ0) is 64.3. The van der Waals surface area contributed by atoms with Crippen molar-refractivity contribution in [1.29, 1.82) is 0 Å². The van der Waals surface area contributed by atoms with Gasteiger partial charge in [-0.3, -0.25) is 9.59 Å². The lowest BCUT2D eigenvalue weighted by Gasteiger charge is -2.50. The molecule has 21 aliphatic rings. The highest BCUT2D eigenvalue weighted by Crippen LogP contribution is 2.39. The van der Waals surface area contributed by atoms with Crippen molar-refractivity contribution in [2.24, 2.45) is 0 Å². The van der Waals surface area contributed by atoms with Crippen molar-refractivity contribution in [3.05, 3.63) is 0 Å². The minimum absolute atomic E-state index is 0.407. The molecule has 39 nitrogen and oxygen atoms in total. The molecule has 0 aromatic heterocycles. The standard InChI is InChI=1S/C49H80O39/c1-12(56)10-73-20(57)2-3-21(58)74-11-19-42-28(65)35(72)49(81-19)87-41-18(9-55)79-47(33(70)26(41)63)85-39-16(7-53)77-45(31(68)24(39)61)83-37-14(5-51)75-43(29(66)22(37)59)82-36-13(4-50)76-44(30(67)23(36)60)84-38-15(6-52)78-46(32(69)25(38)62)86-40-17(8-54)80-48(88-42)34(71)27(40)64/h12-19,22-56,59-72H,2-11H2,1H3/t12?,13-,14-,15-,16-,17-,18-,19-,22-,23-,24-,25-,26-,27-,28-,29-,30-,31-,32-,33-,34-,35-,36-,37-,38-,39-,40-,41-,42-,43-,44-,45-,46-,47-,48-,49-/m1/s1. The van der Waals surface area contributed by atoms with E-state index in [0.717, 1.165) is 0 Å².